The molecule has 2 aliphatic rings. The first-order valence-corrected chi connectivity index (χ1v) is 4.11. The highest BCUT2D eigenvalue weighted by atomic mass is 16.4. The molecule has 2 bridgehead atoms. The number of allylic oxidation sites excluding steroid dienone is 2. The van der Waals surface area contributed by atoms with Gasteiger partial charge in [0, 0.05) is 0 Å². The van der Waals surface area contributed by atoms with E-state index in [9.17, 15) is 4.79 Å². The van der Waals surface area contributed by atoms with Crippen LogP contribution in [0.2, 0.25) is 0 Å². The molecule has 1 N–H and O–H groups in total. The molecular formula is C9H12O2. The van der Waals surface area contributed by atoms with Crippen LogP contribution < -0.4 is 0 Å². The summed E-state index contributed by atoms with van der Waals surface area (Å²) < 4.78 is 0. The molecule has 0 amide bonds. The van der Waals surface area contributed by atoms with Crippen LogP contribution in [-0.2, 0) is 4.79 Å². The molecule has 0 spiro atoms. The third-order valence-corrected chi connectivity index (χ3v) is 3.14. The predicted octanol–water partition coefficient (Wildman–Crippen LogP) is 1.53. The molecule has 2 heteroatoms. The van der Waals surface area contributed by atoms with Gasteiger partial charge in [0.05, 0.1) is 5.92 Å². The van der Waals surface area contributed by atoms with E-state index < -0.39 is 5.97 Å². The normalized spacial score (nSPS) is 46.6. The van der Waals surface area contributed by atoms with Crippen LogP contribution in [0.15, 0.2) is 12.2 Å². The lowest BCUT2D eigenvalue weighted by Gasteiger charge is -2.19. The Hall–Kier alpha value is -0.790. The fraction of sp³-hybridized carbons (Fsp3) is 0.667. The third kappa shape index (κ3) is 0.817. The van der Waals surface area contributed by atoms with Gasteiger partial charge < -0.3 is 5.11 Å². The highest BCUT2D eigenvalue weighted by Gasteiger charge is 2.45. The highest BCUT2D eigenvalue weighted by Crippen LogP contribution is 2.47. The SMILES string of the molecule is C[C@H]1[C@H](C(=O)O)[C@H]2C=C[C@@H]1C2. The second kappa shape index (κ2) is 2.10. The van der Waals surface area contributed by atoms with E-state index in [1.54, 1.807) is 0 Å². The number of hydrogen-bond donors (Lipinski definition) is 1. The first-order valence-electron chi connectivity index (χ1n) is 4.11. The smallest absolute Gasteiger partial charge is 0.307 e. The molecule has 1 fully saturated rings. The van der Waals surface area contributed by atoms with E-state index in [0.29, 0.717) is 17.8 Å². The molecule has 0 radical (unpaired) electrons. The Morgan fingerprint density at radius 1 is 1.45 bits per heavy atom. The van der Waals surface area contributed by atoms with Gasteiger partial charge in [0.2, 0.25) is 0 Å². The van der Waals surface area contributed by atoms with Gasteiger partial charge in [-0.2, -0.15) is 0 Å². The van der Waals surface area contributed by atoms with E-state index in [1.165, 1.54) is 0 Å². The molecule has 2 nitrogen and oxygen atoms in total. The van der Waals surface area contributed by atoms with Crippen molar-refractivity contribution in [3.8, 4) is 0 Å². The fourth-order valence-electron chi connectivity index (χ4n) is 2.48. The van der Waals surface area contributed by atoms with Gasteiger partial charge in [-0.05, 0) is 24.2 Å². The molecule has 0 aromatic rings. The topological polar surface area (TPSA) is 37.3 Å². The van der Waals surface area contributed by atoms with Gasteiger partial charge >= 0.3 is 5.97 Å². The van der Waals surface area contributed by atoms with Gasteiger partial charge in [0.15, 0.2) is 0 Å². The number of aliphatic carboxylic acids is 1. The Bertz CT molecular complexity index is 220. The maximum Gasteiger partial charge on any atom is 0.307 e. The van der Waals surface area contributed by atoms with E-state index in [0.717, 1.165) is 6.42 Å². The van der Waals surface area contributed by atoms with E-state index in [-0.39, 0.29) is 5.92 Å². The molecular weight excluding hydrogens is 140 g/mol. The first kappa shape index (κ1) is 6.89. The molecule has 2 aliphatic carbocycles. The molecule has 11 heavy (non-hydrogen) atoms. The number of rotatable bonds is 1. The van der Waals surface area contributed by atoms with Crippen LogP contribution in [0.1, 0.15) is 13.3 Å². The molecule has 4 atom stereocenters. The van der Waals surface area contributed by atoms with E-state index in [2.05, 4.69) is 12.2 Å². The summed E-state index contributed by atoms with van der Waals surface area (Å²) in [4.78, 5) is 10.8. The molecule has 60 valence electrons. The average Bonchev–Trinajstić information content (AvgIpc) is 2.44. The van der Waals surface area contributed by atoms with Crippen molar-refractivity contribution in [2.75, 3.05) is 0 Å². The van der Waals surface area contributed by atoms with Gasteiger partial charge in [-0.3, -0.25) is 4.79 Å². The largest absolute Gasteiger partial charge is 0.481 e. The number of carboxylic acid groups (broad SMARTS) is 1. The Morgan fingerprint density at radius 3 is 2.45 bits per heavy atom. The summed E-state index contributed by atoms with van der Waals surface area (Å²) in [6.07, 6.45) is 5.32. The quantitative estimate of drug-likeness (QED) is 0.578. The third-order valence-electron chi connectivity index (χ3n) is 3.14. The summed E-state index contributed by atoms with van der Waals surface area (Å²) in [7, 11) is 0. The lowest BCUT2D eigenvalue weighted by Crippen LogP contribution is -2.25. The zero-order valence-electron chi connectivity index (χ0n) is 6.53. The van der Waals surface area contributed by atoms with E-state index >= 15 is 0 Å². The van der Waals surface area contributed by atoms with Crippen molar-refractivity contribution in [3.63, 3.8) is 0 Å². The van der Waals surface area contributed by atoms with Crippen LogP contribution in [0, 0.1) is 23.7 Å². The van der Waals surface area contributed by atoms with Crippen molar-refractivity contribution < 1.29 is 9.90 Å². The summed E-state index contributed by atoms with van der Waals surface area (Å²) in [6.45, 7) is 2.05. The number of fused-ring (bicyclic) bond motifs is 2. The summed E-state index contributed by atoms with van der Waals surface area (Å²) in [5, 5.41) is 8.87. The van der Waals surface area contributed by atoms with Crippen LogP contribution in [0.4, 0.5) is 0 Å². The molecule has 2 rings (SSSR count). The Labute approximate surface area is 65.9 Å². The summed E-state index contributed by atoms with van der Waals surface area (Å²) >= 11 is 0. The minimum atomic E-state index is -0.616. The predicted molar refractivity (Wildman–Crippen MR) is 41.0 cm³/mol. The van der Waals surface area contributed by atoms with Crippen LogP contribution in [0.5, 0.6) is 0 Å². The second-order valence-electron chi connectivity index (χ2n) is 3.67. The Balaban J connectivity index is 2.25. The van der Waals surface area contributed by atoms with Crippen molar-refractivity contribution >= 4 is 5.97 Å². The van der Waals surface area contributed by atoms with Crippen LogP contribution >= 0.6 is 0 Å². The monoisotopic (exact) mass is 152 g/mol. The zero-order chi connectivity index (χ0) is 8.01. The first-order chi connectivity index (χ1) is 5.20. The van der Waals surface area contributed by atoms with Gasteiger partial charge in [-0.1, -0.05) is 19.1 Å². The second-order valence-corrected chi connectivity index (χ2v) is 3.67. The number of carbonyl (C=O) groups is 1. The van der Waals surface area contributed by atoms with Crippen LogP contribution in [-0.4, -0.2) is 11.1 Å². The highest BCUT2D eigenvalue weighted by molar-refractivity contribution is 5.72. The molecule has 0 saturated heterocycles. The van der Waals surface area contributed by atoms with Gasteiger partial charge in [-0.15, -0.1) is 0 Å². The van der Waals surface area contributed by atoms with Gasteiger partial charge in [0.1, 0.15) is 0 Å². The molecule has 1 saturated carbocycles. The van der Waals surface area contributed by atoms with Gasteiger partial charge in [-0.25, -0.2) is 0 Å². The van der Waals surface area contributed by atoms with Gasteiger partial charge in [0.25, 0.3) is 0 Å². The summed E-state index contributed by atoms with van der Waals surface area (Å²) in [5.74, 6) is 0.496. The average molecular weight is 152 g/mol. The van der Waals surface area contributed by atoms with Crippen molar-refractivity contribution in [2.45, 2.75) is 13.3 Å². The van der Waals surface area contributed by atoms with E-state index in [4.69, 9.17) is 5.11 Å². The zero-order valence-corrected chi connectivity index (χ0v) is 6.53. The Morgan fingerprint density at radius 2 is 2.09 bits per heavy atom. The summed E-state index contributed by atoms with van der Waals surface area (Å²) in [6, 6.07) is 0. The van der Waals surface area contributed by atoms with Crippen molar-refractivity contribution in [1.29, 1.82) is 0 Å². The van der Waals surface area contributed by atoms with Crippen LogP contribution in [0.25, 0.3) is 0 Å². The summed E-state index contributed by atoms with van der Waals surface area (Å²) in [5.41, 5.74) is 0. The molecule has 0 aromatic carbocycles. The molecule has 0 aromatic heterocycles. The lowest BCUT2D eigenvalue weighted by molar-refractivity contribution is -0.144. The van der Waals surface area contributed by atoms with Crippen LogP contribution in [0.3, 0.4) is 0 Å². The van der Waals surface area contributed by atoms with Crippen molar-refractivity contribution in [2.24, 2.45) is 23.7 Å². The molecule has 0 aliphatic heterocycles. The minimum absolute atomic E-state index is 0.106. The number of hydrogen-bond acceptors (Lipinski definition) is 1. The standard InChI is InChI=1S/C9H12O2/c1-5-6-2-3-7(4-6)8(5)9(10)11/h2-3,5-8H,4H2,1H3,(H,10,11)/t5-,6-,7+,8+/m1/s1. The van der Waals surface area contributed by atoms with E-state index in [1.807, 2.05) is 6.92 Å². The Kier molecular flexibility index (Phi) is 1.31. The number of carboxylic acids is 1. The lowest BCUT2D eigenvalue weighted by atomic mass is 9.85. The molecule has 0 heterocycles. The maximum absolute atomic E-state index is 10.8. The fourth-order valence-corrected chi connectivity index (χ4v) is 2.48. The molecule has 0 unspecified atom stereocenters. The van der Waals surface area contributed by atoms with Crippen molar-refractivity contribution in [3.05, 3.63) is 12.2 Å². The van der Waals surface area contributed by atoms with Crippen molar-refractivity contribution in [1.82, 2.24) is 0 Å². The maximum atomic E-state index is 10.8. The minimum Gasteiger partial charge on any atom is -0.481 e.